The summed E-state index contributed by atoms with van der Waals surface area (Å²) in [6, 6.07) is 10.8. The lowest BCUT2D eigenvalue weighted by Gasteiger charge is -2.24. The standard InChI is InChI=1S/C22H25N3O5/c1-13(2)18(12-26)25-11-16(22(28)29)19(27)15-9-17(21(30-3)24-20(15)25)23-10-14-7-5-4-6-8-14/h4-9,11,13,18,23,26H,10,12H2,1-3H3,(H,28,29). The second-order valence-corrected chi connectivity index (χ2v) is 7.33. The zero-order valence-corrected chi connectivity index (χ0v) is 17.1. The summed E-state index contributed by atoms with van der Waals surface area (Å²) in [5, 5.41) is 22.8. The number of carboxylic acid groups (broad SMARTS) is 1. The van der Waals surface area contributed by atoms with E-state index in [1.165, 1.54) is 13.3 Å². The van der Waals surface area contributed by atoms with E-state index >= 15 is 0 Å². The molecule has 158 valence electrons. The van der Waals surface area contributed by atoms with E-state index in [0.29, 0.717) is 12.2 Å². The normalized spacial score (nSPS) is 12.2. The van der Waals surface area contributed by atoms with E-state index in [-0.39, 0.29) is 35.0 Å². The minimum absolute atomic E-state index is 0.0222. The molecule has 0 saturated carbocycles. The van der Waals surface area contributed by atoms with Gasteiger partial charge in [0.15, 0.2) is 0 Å². The van der Waals surface area contributed by atoms with E-state index in [4.69, 9.17) is 4.74 Å². The fourth-order valence-electron chi connectivity index (χ4n) is 3.36. The number of hydrogen-bond acceptors (Lipinski definition) is 6. The van der Waals surface area contributed by atoms with Crippen molar-refractivity contribution in [2.45, 2.75) is 26.4 Å². The van der Waals surface area contributed by atoms with E-state index in [1.54, 1.807) is 10.6 Å². The molecule has 3 aromatic rings. The second-order valence-electron chi connectivity index (χ2n) is 7.33. The van der Waals surface area contributed by atoms with Gasteiger partial charge in [-0.2, -0.15) is 4.98 Å². The summed E-state index contributed by atoms with van der Waals surface area (Å²) in [7, 11) is 1.47. The largest absolute Gasteiger partial charge is 0.479 e. The Kier molecular flexibility index (Phi) is 6.37. The highest BCUT2D eigenvalue weighted by Gasteiger charge is 2.23. The first-order chi connectivity index (χ1) is 14.4. The van der Waals surface area contributed by atoms with Crippen LogP contribution in [0.1, 0.15) is 35.8 Å². The van der Waals surface area contributed by atoms with Gasteiger partial charge in [0, 0.05) is 12.7 Å². The van der Waals surface area contributed by atoms with Crippen LogP contribution in [0.5, 0.6) is 5.88 Å². The Morgan fingerprint density at radius 1 is 1.27 bits per heavy atom. The molecule has 8 nitrogen and oxygen atoms in total. The van der Waals surface area contributed by atoms with E-state index in [9.17, 15) is 19.8 Å². The Morgan fingerprint density at radius 2 is 1.97 bits per heavy atom. The number of pyridine rings is 2. The van der Waals surface area contributed by atoms with Gasteiger partial charge in [-0.15, -0.1) is 0 Å². The number of aliphatic hydroxyl groups excluding tert-OH is 1. The Bertz CT molecular complexity index is 1110. The molecular weight excluding hydrogens is 386 g/mol. The van der Waals surface area contributed by atoms with E-state index < -0.39 is 17.4 Å². The fraction of sp³-hybridized carbons (Fsp3) is 0.318. The third-order valence-corrected chi connectivity index (χ3v) is 5.03. The minimum atomic E-state index is -1.33. The highest BCUT2D eigenvalue weighted by atomic mass is 16.5. The van der Waals surface area contributed by atoms with Gasteiger partial charge in [-0.25, -0.2) is 4.79 Å². The summed E-state index contributed by atoms with van der Waals surface area (Å²) < 4.78 is 6.97. The molecule has 0 aliphatic carbocycles. The van der Waals surface area contributed by atoms with Crippen LogP contribution in [0.2, 0.25) is 0 Å². The van der Waals surface area contributed by atoms with Crippen LogP contribution >= 0.6 is 0 Å². The van der Waals surface area contributed by atoms with Crippen molar-refractivity contribution in [3.63, 3.8) is 0 Å². The van der Waals surface area contributed by atoms with Crippen molar-refractivity contribution in [1.29, 1.82) is 0 Å². The lowest BCUT2D eigenvalue weighted by atomic mass is 10.0. The molecule has 0 saturated heterocycles. The van der Waals surface area contributed by atoms with E-state index in [1.807, 2.05) is 44.2 Å². The van der Waals surface area contributed by atoms with Gasteiger partial charge < -0.3 is 24.8 Å². The quantitative estimate of drug-likeness (QED) is 0.522. The molecule has 0 fully saturated rings. The van der Waals surface area contributed by atoms with Crippen molar-refractivity contribution in [1.82, 2.24) is 9.55 Å². The van der Waals surface area contributed by atoms with E-state index in [2.05, 4.69) is 10.3 Å². The highest BCUT2D eigenvalue weighted by Crippen LogP contribution is 2.29. The van der Waals surface area contributed by atoms with Crippen molar-refractivity contribution in [3.05, 3.63) is 63.9 Å². The molecule has 3 N–H and O–H groups in total. The van der Waals surface area contributed by atoms with Crippen LogP contribution in [0.15, 0.2) is 47.4 Å². The molecule has 0 spiro atoms. The summed E-state index contributed by atoms with van der Waals surface area (Å²) in [6.45, 7) is 4.05. The van der Waals surface area contributed by atoms with Gasteiger partial charge in [0.05, 0.1) is 30.8 Å². The average molecular weight is 411 g/mol. The molecule has 0 aliphatic heterocycles. The van der Waals surface area contributed by atoms with Gasteiger partial charge in [0.25, 0.3) is 0 Å². The average Bonchev–Trinajstić information content (AvgIpc) is 2.74. The first-order valence-corrected chi connectivity index (χ1v) is 9.63. The number of fused-ring (bicyclic) bond motifs is 1. The molecule has 0 aliphatic rings. The molecule has 0 bridgehead atoms. The topological polar surface area (TPSA) is 114 Å². The second kappa shape index (κ2) is 8.96. The third kappa shape index (κ3) is 4.13. The number of nitrogens with one attached hydrogen (secondary N) is 1. The summed E-state index contributed by atoms with van der Waals surface area (Å²) in [6.07, 6.45) is 1.25. The molecule has 30 heavy (non-hydrogen) atoms. The summed E-state index contributed by atoms with van der Waals surface area (Å²) in [4.78, 5) is 29.0. The molecule has 0 radical (unpaired) electrons. The summed E-state index contributed by atoms with van der Waals surface area (Å²) in [5.74, 6) is -1.08. The van der Waals surface area contributed by atoms with Crippen LogP contribution in [0, 0.1) is 5.92 Å². The first-order valence-electron chi connectivity index (χ1n) is 9.63. The Hall–Kier alpha value is -3.39. The zero-order valence-electron chi connectivity index (χ0n) is 17.1. The zero-order chi connectivity index (χ0) is 21.8. The van der Waals surface area contributed by atoms with Gasteiger partial charge in [-0.05, 0) is 17.5 Å². The third-order valence-electron chi connectivity index (χ3n) is 5.03. The molecule has 1 aromatic carbocycles. The number of anilines is 1. The highest BCUT2D eigenvalue weighted by molar-refractivity contribution is 5.93. The SMILES string of the molecule is COc1nc2c(cc1NCc1ccccc1)c(=O)c(C(=O)O)cn2C(CO)C(C)C. The van der Waals surface area contributed by atoms with Crippen LogP contribution < -0.4 is 15.5 Å². The Labute approximate surface area is 173 Å². The number of nitrogens with zero attached hydrogens (tertiary/aromatic N) is 2. The van der Waals surface area contributed by atoms with Gasteiger partial charge in [0.2, 0.25) is 11.3 Å². The minimum Gasteiger partial charge on any atom is -0.479 e. The maximum atomic E-state index is 12.9. The number of aliphatic hydroxyl groups is 1. The predicted octanol–water partition coefficient (Wildman–Crippen LogP) is 2.90. The van der Waals surface area contributed by atoms with Crippen molar-refractivity contribution in [2.75, 3.05) is 19.0 Å². The fourth-order valence-corrected chi connectivity index (χ4v) is 3.36. The van der Waals surface area contributed by atoms with Crippen LogP contribution in [0.3, 0.4) is 0 Å². The Balaban J connectivity index is 2.20. The lowest BCUT2D eigenvalue weighted by Crippen LogP contribution is -2.26. The number of carbonyl (C=O) groups is 1. The number of benzene rings is 1. The monoisotopic (exact) mass is 411 g/mol. The van der Waals surface area contributed by atoms with Crippen LogP contribution in [-0.4, -0.2) is 39.5 Å². The number of aromatic carboxylic acids is 1. The molecule has 1 atom stereocenters. The van der Waals surface area contributed by atoms with Crippen molar-refractivity contribution in [3.8, 4) is 5.88 Å². The lowest BCUT2D eigenvalue weighted by molar-refractivity contribution is 0.0694. The summed E-state index contributed by atoms with van der Waals surface area (Å²) in [5.41, 5.74) is 0.760. The molecule has 3 rings (SSSR count). The van der Waals surface area contributed by atoms with Crippen LogP contribution in [0.25, 0.3) is 11.0 Å². The van der Waals surface area contributed by atoms with Gasteiger partial charge in [0.1, 0.15) is 11.2 Å². The summed E-state index contributed by atoms with van der Waals surface area (Å²) >= 11 is 0. The van der Waals surface area contributed by atoms with E-state index in [0.717, 1.165) is 5.56 Å². The van der Waals surface area contributed by atoms with Crippen molar-refractivity contribution < 1.29 is 19.7 Å². The maximum Gasteiger partial charge on any atom is 0.341 e. The molecule has 8 heteroatoms. The molecular formula is C22H25N3O5. The molecule has 2 aromatic heterocycles. The number of aromatic nitrogens is 2. The van der Waals surface area contributed by atoms with Gasteiger partial charge >= 0.3 is 5.97 Å². The smallest absolute Gasteiger partial charge is 0.341 e. The predicted molar refractivity (Wildman–Crippen MR) is 114 cm³/mol. The van der Waals surface area contributed by atoms with Crippen molar-refractivity contribution in [2.24, 2.45) is 5.92 Å². The first kappa shape index (κ1) is 21.3. The maximum absolute atomic E-state index is 12.9. The number of carboxylic acids is 1. The van der Waals surface area contributed by atoms with Crippen LogP contribution in [-0.2, 0) is 6.54 Å². The molecule has 2 heterocycles. The number of methoxy groups -OCH3 is 1. The number of rotatable bonds is 8. The number of hydrogen-bond donors (Lipinski definition) is 3. The number of ether oxygens (including phenoxy) is 1. The van der Waals surface area contributed by atoms with Gasteiger partial charge in [-0.1, -0.05) is 44.2 Å². The molecule has 0 amide bonds. The Morgan fingerprint density at radius 3 is 2.53 bits per heavy atom. The van der Waals surface area contributed by atoms with Crippen molar-refractivity contribution >= 4 is 22.7 Å². The van der Waals surface area contributed by atoms with Gasteiger partial charge in [-0.3, -0.25) is 4.79 Å². The van der Waals surface area contributed by atoms with Crippen LogP contribution in [0.4, 0.5) is 5.69 Å². The molecule has 1 unspecified atom stereocenters.